The molecule has 3 nitrogen and oxygen atoms in total. The molecule has 25 heavy (non-hydrogen) atoms. The number of carbonyl (C=O) groups excluding carboxylic acids is 1. The first-order chi connectivity index (χ1) is 12.0. The average Bonchev–Trinajstić information content (AvgIpc) is 2.96. The zero-order chi connectivity index (χ0) is 17.8. The third-order valence-electron chi connectivity index (χ3n) is 3.64. The number of hydrogen-bond acceptors (Lipinski definition) is 4. The third-order valence-corrected chi connectivity index (χ3v) is 5.34. The Morgan fingerprint density at radius 1 is 1.20 bits per heavy atom. The Kier molecular flexibility index (Phi) is 5.94. The van der Waals surface area contributed by atoms with Gasteiger partial charge in [-0.1, -0.05) is 35.3 Å². The molecule has 0 aliphatic rings. The highest BCUT2D eigenvalue weighted by molar-refractivity contribution is 7.99. The summed E-state index contributed by atoms with van der Waals surface area (Å²) < 4.78 is 10.8. The maximum Gasteiger partial charge on any atom is 0.310 e. The third kappa shape index (κ3) is 4.72. The normalized spacial score (nSPS) is 11.0. The Bertz CT molecular complexity index is 905. The maximum atomic E-state index is 12.0. The van der Waals surface area contributed by atoms with Crippen molar-refractivity contribution in [3.63, 3.8) is 0 Å². The van der Waals surface area contributed by atoms with Gasteiger partial charge >= 0.3 is 5.97 Å². The van der Waals surface area contributed by atoms with E-state index in [1.807, 2.05) is 25.1 Å². The Hall–Kier alpha value is -1.62. The lowest BCUT2D eigenvalue weighted by Gasteiger charge is -2.06. The number of benzene rings is 2. The van der Waals surface area contributed by atoms with Gasteiger partial charge in [0.25, 0.3) is 0 Å². The second kappa shape index (κ2) is 8.17. The molecule has 0 aliphatic carbocycles. The van der Waals surface area contributed by atoms with Crippen LogP contribution in [0.15, 0.2) is 52.0 Å². The fraction of sp³-hybridized carbons (Fsp3) is 0.211. The smallest absolute Gasteiger partial charge is 0.310 e. The van der Waals surface area contributed by atoms with E-state index in [0.29, 0.717) is 22.4 Å². The quantitative estimate of drug-likeness (QED) is 0.295. The lowest BCUT2D eigenvalue weighted by atomic mass is 10.1. The molecule has 0 fully saturated rings. The highest BCUT2D eigenvalue weighted by atomic mass is 35.5. The molecule has 1 heterocycles. The molecular formula is C19H16Cl2O3S. The predicted molar refractivity (Wildman–Crippen MR) is 103 cm³/mol. The molecule has 0 atom stereocenters. The van der Waals surface area contributed by atoms with Crippen LogP contribution in [0.25, 0.3) is 11.0 Å². The van der Waals surface area contributed by atoms with E-state index in [2.05, 4.69) is 0 Å². The van der Waals surface area contributed by atoms with E-state index in [0.717, 1.165) is 27.0 Å². The number of furan rings is 1. The largest absolute Gasteiger partial charge is 0.465 e. The fourth-order valence-electron chi connectivity index (χ4n) is 2.43. The molecule has 0 unspecified atom stereocenters. The number of hydrogen-bond donors (Lipinski definition) is 0. The summed E-state index contributed by atoms with van der Waals surface area (Å²) in [6.45, 7) is 2.31. The van der Waals surface area contributed by atoms with Gasteiger partial charge in [-0.3, -0.25) is 4.79 Å². The van der Waals surface area contributed by atoms with Gasteiger partial charge in [-0.05, 0) is 36.8 Å². The number of fused-ring (bicyclic) bond motifs is 1. The van der Waals surface area contributed by atoms with Gasteiger partial charge < -0.3 is 9.15 Å². The number of rotatable bonds is 6. The minimum atomic E-state index is -0.277. The van der Waals surface area contributed by atoms with Crippen molar-refractivity contribution in [2.75, 3.05) is 12.4 Å². The summed E-state index contributed by atoms with van der Waals surface area (Å²) in [5, 5.41) is 2.22. The summed E-state index contributed by atoms with van der Waals surface area (Å²) in [5.74, 6) is 0.331. The molecule has 0 saturated heterocycles. The highest BCUT2D eigenvalue weighted by Gasteiger charge is 2.12. The molecule has 0 bridgehead atoms. The van der Waals surface area contributed by atoms with Gasteiger partial charge in [0.15, 0.2) is 0 Å². The molecule has 2 aromatic carbocycles. The minimum Gasteiger partial charge on any atom is -0.465 e. The Labute approximate surface area is 160 Å². The van der Waals surface area contributed by atoms with E-state index in [1.54, 1.807) is 24.5 Å². The van der Waals surface area contributed by atoms with Gasteiger partial charge in [-0.2, -0.15) is 0 Å². The molecule has 0 amide bonds. The predicted octanol–water partition coefficient (Wildman–Crippen LogP) is 5.93. The summed E-state index contributed by atoms with van der Waals surface area (Å²) in [7, 11) is 0. The minimum absolute atomic E-state index is 0.193. The number of halogens is 2. The lowest BCUT2D eigenvalue weighted by molar-refractivity contribution is -0.142. The first-order valence-corrected chi connectivity index (χ1v) is 9.47. The van der Waals surface area contributed by atoms with Gasteiger partial charge in [0.05, 0.1) is 17.7 Å². The molecule has 0 N–H and O–H groups in total. The van der Waals surface area contributed by atoms with Crippen molar-refractivity contribution in [3.05, 3.63) is 63.8 Å². The Balaban J connectivity index is 1.50. The number of ether oxygens (including phenoxy) is 1. The monoisotopic (exact) mass is 394 g/mol. The van der Waals surface area contributed by atoms with Crippen molar-refractivity contribution in [1.29, 1.82) is 0 Å². The van der Waals surface area contributed by atoms with Gasteiger partial charge in [-0.25, -0.2) is 0 Å². The van der Waals surface area contributed by atoms with Crippen LogP contribution < -0.4 is 0 Å². The molecule has 3 aromatic rings. The molecule has 0 aliphatic heterocycles. The van der Waals surface area contributed by atoms with Crippen LogP contribution in [-0.2, 0) is 16.0 Å². The van der Waals surface area contributed by atoms with Crippen LogP contribution >= 0.6 is 35.0 Å². The zero-order valence-corrected chi connectivity index (χ0v) is 15.9. The van der Waals surface area contributed by atoms with Crippen LogP contribution in [0.4, 0.5) is 0 Å². The van der Waals surface area contributed by atoms with E-state index in [-0.39, 0.29) is 12.4 Å². The van der Waals surface area contributed by atoms with E-state index in [4.69, 9.17) is 32.4 Å². The summed E-state index contributed by atoms with van der Waals surface area (Å²) >= 11 is 13.6. The van der Waals surface area contributed by atoms with Crippen LogP contribution in [0.5, 0.6) is 0 Å². The van der Waals surface area contributed by atoms with Crippen LogP contribution in [0.3, 0.4) is 0 Å². The van der Waals surface area contributed by atoms with Crippen LogP contribution in [0.1, 0.15) is 11.1 Å². The molecule has 0 spiro atoms. The molecular weight excluding hydrogens is 379 g/mol. The second-order valence-electron chi connectivity index (χ2n) is 5.58. The van der Waals surface area contributed by atoms with Crippen LogP contribution in [-0.4, -0.2) is 18.3 Å². The molecule has 1 aromatic heterocycles. The number of thioether (sulfide) groups is 1. The van der Waals surface area contributed by atoms with E-state index >= 15 is 0 Å². The van der Waals surface area contributed by atoms with Gasteiger partial charge in [0.2, 0.25) is 0 Å². The standard InChI is InChI=1S/C19H16Cl2O3S/c1-12-2-4-15-13(11-24-17(15)8-12)9-19(22)23-6-7-25-18-10-14(20)3-5-16(18)21/h2-5,8,10-11H,6-7,9H2,1H3. The second-order valence-corrected chi connectivity index (χ2v) is 7.56. The van der Waals surface area contributed by atoms with Crippen LogP contribution in [0.2, 0.25) is 10.0 Å². The van der Waals surface area contributed by atoms with E-state index in [1.165, 1.54) is 11.8 Å². The molecule has 3 rings (SSSR count). The maximum absolute atomic E-state index is 12.0. The SMILES string of the molecule is Cc1ccc2c(CC(=O)OCCSc3cc(Cl)ccc3Cl)coc2c1. The van der Waals surface area contributed by atoms with Gasteiger partial charge in [0.1, 0.15) is 12.2 Å². The molecule has 0 saturated carbocycles. The summed E-state index contributed by atoms with van der Waals surface area (Å²) in [5.41, 5.74) is 2.74. The van der Waals surface area contributed by atoms with Gasteiger partial charge in [0, 0.05) is 26.6 Å². The summed E-state index contributed by atoms with van der Waals surface area (Å²) in [6, 6.07) is 11.2. The van der Waals surface area contributed by atoms with Crippen molar-refractivity contribution in [2.45, 2.75) is 18.2 Å². The highest BCUT2D eigenvalue weighted by Crippen LogP contribution is 2.29. The fourth-order valence-corrected chi connectivity index (χ4v) is 3.75. The summed E-state index contributed by atoms with van der Waals surface area (Å²) in [4.78, 5) is 12.9. The number of aryl methyl sites for hydroxylation is 1. The van der Waals surface area contributed by atoms with Crippen LogP contribution in [0, 0.1) is 6.92 Å². The first-order valence-electron chi connectivity index (χ1n) is 7.73. The Morgan fingerprint density at radius 3 is 2.88 bits per heavy atom. The zero-order valence-electron chi connectivity index (χ0n) is 13.6. The lowest BCUT2D eigenvalue weighted by Crippen LogP contribution is -2.10. The van der Waals surface area contributed by atoms with Crippen molar-refractivity contribution in [3.8, 4) is 0 Å². The number of esters is 1. The molecule has 6 heteroatoms. The van der Waals surface area contributed by atoms with E-state index < -0.39 is 0 Å². The number of carbonyl (C=O) groups is 1. The first kappa shape index (κ1) is 18.2. The molecule has 130 valence electrons. The average molecular weight is 395 g/mol. The van der Waals surface area contributed by atoms with E-state index in [9.17, 15) is 4.79 Å². The van der Waals surface area contributed by atoms with Crippen molar-refractivity contribution >= 4 is 51.9 Å². The summed E-state index contributed by atoms with van der Waals surface area (Å²) in [6.07, 6.45) is 1.81. The Morgan fingerprint density at radius 2 is 2.04 bits per heavy atom. The van der Waals surface area contributed by atoms with Crippen molar-refractivity contribution < 1.29 is 13.9 Å². The van der Waals surface area contributed by atoms with Gasteiger partial charge in [-0.15, -0.1) is 11.8 Å². The van der Waals surface area contributed by atoms with Crippen molar-refractivity contribution in [1.82, 2.24) is 0 Å². The topological polar surface area (TPSA) is 39.4 Å². The molecule has 0 radical (unpaired) electrons. The van der Waals surface area contributed by atoms with Crippen molar-refractivity contribution in [2.24, 2.45) is 0 Å².